The number of nitrogens with one attached hydrogen (secondary N) is 1. The largest absolute Gasteiger partial charge is 0.306 e. The molecule has 0 spiro atoms. The van der Waals surface area contributed by atoms with Crippen LogP contribution in [0.5, 0.6) is 0 Å². The molecule has 0 radical (unpaired) electrons. The van der Waals surface area contributed by atoms with Gasteiger partial charge in [-0.1, -0.05) is 50.5 Å². The molecule has 1 nitrogen and oxygen atoms in total. The Balaban J connectivity index is 1.94. The average Bonchev–Trinajstić information content (AvgIpc) is 2.49. The summed E-state index contributed by atoms with van der Waals surface area (Å²) in [6.45, 7) is 4.55. The van der Waals surface area contributed by atoms with Crippen molar-refractivity contribution in [2.45, 2.75) is 69.7 Å². The van der Waals surface area contributed by atoms with Crippen molar-refractivity contribution in [2.75, 3.05) is 6.26 Å². The van der Waals surface area contributed by atoms with Crippen LogP contribution >= 0.6 is 11.8 Å². The lowest BCUT2D eigenvalue weighted by molar-refractivity contribution is 0.356. The Bertz CT molecular complexity index is 387. The lowest BCUT2D eigenvalue weighted by atomic mass is 9.93. The monoisotopic (exact) mass is 291 g/mol. The van der Waals surface area contributed by atoms with Gasteiger partial charge in [-0.15, -0.1) is 0 Å². The highest BCUT2D eigenvalue weighted by molar-refractivity contribution is 7.99. The van der Waals surface area contributed by atoms with Crippen LogP contribution in [0, 0.1) is 0 Å². The van der Waals surface area contributed by atoms with Crippen molar-refractivity contribution in [1.29, 1.82) is 0 Å². The predicted molar refractivity (Wildman–Crippen MR) is 91.5 cm³/mol. The third-order valence-corrected chi connectivity index (χ3v) is 5.66. The molecule has 112 valence electrons. The van der Waals surface area contributed by atoms with Crippen LogP contribution in [-0.2, 0) is 6.42 Å². The Morgan fingerprint density at radius 1 is 1.20 bits per heavy atom. The molecule has 20 heavy (non-hydrogen) atoms. The summed E-state index contributed by atoms with van der Waals surface area (Å²) in [6.07, 6.45) is 10.2. The van der Waals surface area contributed by atoms with E-state index in [2.05, 4.69) is 49.7 Å². The van der Waals surface area contributed by atoms with Gasteiger partial charge in [0.05, 0.1) is 0 Å². The molecule has 1 aliphatic carbocycles. The average molecular weight is 292 g/mol. The summed E-state index contributed by atoms with van der Waals surface area (Å²) < 4.78 is 0. The Labute approximate surface area is 128 Å². The van der Waals surface area contributed by atoms with Gasteiger partial charge in [-0.05, 0) is 43.6 Å². The highest BCUT2D eigenvalue weighted by Crippen LogP contribution is 2.29. The fourth-order valence-electron chi connectivity index (χ4n) is 3.25. The van der Waals surface area contributed by atoms with E-state index in [1.807, 2.05) is 11.8 Å². The normalized spacial score (nSPS) is 24.6. The molecule has 0 aromatic heterocycles. The molecule has 1 N–H and O–H groups in total. The van der Waals surface area contributed by atoms with Gasteiger partial charge in [0.2, 0.25) is 0 Å². The SMILES string of the molecule is CCCc1ccc(C(C)NC2CCCCC2SC)cc1. The highest BCUT2D eigenvalue weighted by atomic mass is 32.2. The zero-order valence-electron chi connectivity index (χ0n) is 13.2. The van der Waals surface area contributed by atoms with E-state index in [9.17, 15) is 0 Å². The van der Waals surface area contributed by atoms with Gasteiger partial charge in [-0.25, -0.2) is 0 Å². The van der Waals surface area contributed by atoms with Crippen molar-refractivity contribution in [1.82, 2.24) is 5.32 Å². The number of benzene rings is 1. The van der Waals surface area contributed by atoms with Crippen LogP contribution in [0.2, 0.25) is 0 Å². The van der Waals surface area contributed by atoms with Crippen LogP contribution in [0.1, 0.15) is 63.1 Å². The smallest absolute Gasteiger partial charge is 0.0294 e. The molecule has 2 rings (SSSR count). The Morgan fingerprint density at radius 3 is 2.55 bits per heavy atom. The first-order valence-electron chi connectivity index (χ1n) is 8.12. The number of hydrogen-bond donors (Lipinski definition) is 1. The van der Waals surface area contributed by atoms with E-state index in [-0.39, 0.29) is 0 Å². The summed E-state index contributed by atoms with van der Waals surface area (Å²) in [5, 5.41) is 4.66. The second-order valence-corrected chi connectivity index (χ2v) is 7.12. The third kappa shape index (κ3) is 4.26. The van der Waals surface area contributed by atoms with Gasteiger partial charge in [-0.2, -0.15) is 11.8 Å². The minimum Gasteiger partial charge on any atom is -0.306 e. The van der Waals surface area contributed by atoms with Gasteiger partial charge in [0.25, 0.3) is 0 Å². The van der Waals surface area contributed by atoms with Gasteiger partial charge in [0.15, 0.2) is 0 Å². The molecule has 1 saturated carbocycles. The summed E-state index contributed by atoms with van der Waals surface area (Å²) in [7, 11) is 0. The third-order valence-electron chi connectivity index (χ3n) is 4.49. The summed E-state index contributed by atoms with van der Waals surface area (Å²) in [4.78, 5) is 0. The second-order valence-electron chi connectivity index (χ2n) is 6.05. The number of rotatable bonds is 6. The van der Waals surface area contributed by atoms with Crippen LogP contribution in [-0.4, -0.2) is 17.5 Å². The Hall–Kier alpha value is -0.470. The fourth-order valence-corrected chi connectivity index (χ4v) is 4.19. The van der Waals surface area contributed by atoms with Crippen molar-refractivity contribution < 1.29 is 0 Å². The molecular formula is C18H29NS. The van der Waals surface area contributed by atoms with Gasteiger partial charge in [-0.3, -0.25) is 0 Å². The molecule has 3 atom stereocenters. The maximum absolute atomic E-state index is 3.87. The first-order valence-corrected chi connectivity index (χ1v) is 9.41. The van der Waals surface area contributed by atoms with E-state index in [4.69, 9.17) is 0 Å². The highest BCUT2D eigenvalue weighted by Gasteiger charge is 2.25. The molecule has 0 amide bonds. The molecule has 0 aliphatic heterocycles. The van der Waals surface area contributed by atoms with E-state index in [0.29, 0.717) is 12.1 Å². The topological polar surface area (TPSA) is 12.0 Å². The molecule has 1 aromatic carbocycles. The predicted octanol–water partition coefficient (Wildman–Crippen LogP) is 4.96. The van der Waals surface area contributed by atoms with Gasteiger partial charge in [0.1, 0.15) is 0 Å². The first kappa shape index (κ1) is 15.9. The van der Waals surface area contributed by atoms with E-state index >= 15 is 0 Å². The molecule has 2 heteroatoms. The molecule has 1 fully saturated rings. The van der Waals surface area contributed by atoms with Gasteiger partial charge >= 0.3 is 0 Å². The van der Waals surface area contributed by atoms with E-state index in [1.54, 1.807) is 0 Å². The maximum Gasteiger partial charge on any atom is 0.0294 e. The summed E-state index contributed by atoms with van der Waals surface area (Å²) in [5.74, 6) is 0. The molecule has 3 unspecified atom stereocenters. The first-order chi connectivity index (χ1) is 9.74. The van der Waals surface area contributed by atoms with Crippen molar-refractivity contribution >= 4 is 11.8 Å². The quantitative estimate of drug-likeness (QED) is 0.794. The van der Waals surface area contributed by atoms with Crippen LogP contribution in [0.15, 0.2) is 24.3 Å². The number of aryl methyl sites for hydroxylation is 1. The standard InChI is InChI=1S/C18H29NS/c1-4-7-15-10-12-16(13-11-15)14(2)19-17-8-5-6-9-18(17)20-3/h10-14,17-19H,4-9H2,1-3H3. The van der Waals surface area contributed by atoms with Crippen LogP contribution in [0.4, 0.5) is 0 Å². The van der Waals surface area contributed by atoms with Crippen molar-refractivity contribution in [3.05, 3.63) is 35.4 Å². The minimum absolute atomic E-state index is 0.462. The fraction of sp³-hybridized carbons (Fsp3) is 0.667. The van der Waals surface area contributed by atoms with Crippen molar-refractivity contribution in [3.63, 3.8) is 0 Å². The molecular weight excluding hydrogens is 262 g/mol. The van der Waals surface area contributed by atoms with E-state index < -0.39 is 0 Å². The van der Waals surface area contributed by atoms with E-state index in [0.717, 1.165) is 5.25 Å². The minimum atomic E-state index is 0.462. The number of hydrogen-bond acceptors (Lipinski definition) is 2. The zero-order valence-corrected chi connectivity index (χ0v) is 14.0. The van der Waals surface area contributed by atoms with Crippen LogP contribution in [0.25, 0.3) is 0 Å². The molecule has 1 aliphatic rings. The molecule has 0 bridgehead atoms. The van der Waals surface area contributed by atoms with Gasteiger partial charge in [0, 0.05) is 17.3 Å². The summed E-state index contributed by atoms with van der Waals surface area (Å²) in [6, 6.07) is 10.3. The van der Waals surface area contributed by atoms with Crippen LogP contribution in [0.3, 0.4) is 0 Å². The molecule has 1 aromatic rings. The zero-order chi connectivity index (χ0) is 14.4. The Kier molecular flexibility index (Phi) is 6.44. The lowest BCUT2D eigenvalue weighted by Gasteiger charge is -2.33. The summed E-state index contributed by atoms with van der Waals surface area (Å²) >= 11 is 2.04. The van der Waals surface area contributed by atoms with Crippen LogP contribution < -0.4 is 5.32 Å². The molecule has 0 heterocycles. The summed E-state index contributed by atoms with van der Waals surface area (Å²) in [5.41, 5.74) is 2.89. The van der Waals surface area contributed by atoms with E-state index in [1.165, 1.54) is 49.7 Å². The van der Waals surface area contributed by atoms with Gasteiger partial charge < -0.3 is 5.32 Å². The van der Waals surface area contributed by atoms with Crippen molar-refractivity contribution in [2.24, 2.45) is 0 Å². The Morgan fingerprint density at radius 2 is 1.90 bits per heavy atom. The second kappa shape index (κ2) is 8.09. The number of thioether (sulfide) groups is 1. The van der Waals surface area contributed by atoms with Crippen molar-refractivity contribution in [3.8, 4) is 0 Å². The maximum atomic E-state index is 3.87. The lowest BCUT2D eigenvalue weighted by Crippen LogP contribution is -2.41. The molecule has 0 saturated heterocycles.